The number of rotatable bonds is 4. The van der Waals surface area contributed by atoms with Crippen LogP contribution in [0.5, 0.6) is 11.5 Å². The molecule has 3 aromatic rings. The van der Waals surface area contributed by atoms with E-state index in [1.165, 1.54) is 12.1 Å². The largest absolute Gasteiger partial charge is 0.508 e. The molecule has 146 valence electrons. The smallest absolute Gasteiger partial charge is 0.252 e. The van der Waals surface area contributed by atoms with Gasteiger partial charge in [0, 0.05) is 21.4 Å². The first-order valence-corrected chi connectivity index (χ1v) is 9.84. The molecule has 0 atom stereocenters. The summed E-state index contributed by atoms with van der Waals surface area (Å²) in [5.41, 5.74) is 5.48. The number of fused-ring (bicyclic) bond motifs is 2. The van der Waals surface area contributed by atoms with Crippen LogP contribution in [0.3, 0.4) is 0 Å². The van der Waals surface area contributed by atoms with Crippen LogP contribution in [-0.4, -0.2) is 28.4 Å². The van der Waals surface area contributed by atoms with Crippen LogP contribution < -0.4 is 10.3 Å². The summed E-state index contributed by atoms with van der Waals surface area (Å²) in [4.78, 5) is 16.8. The fourth-order valence-corrected chi connectivity index (χ4v) is 4.22. The molecule has 0 spiro atoms. The third kappa shape index (κ3) is 3.77. The van der Waals surface area contributed by atoms with Crippen LogP contribution in [0.25, 0.3) is 0 Å². The van der Waals surface area contributed by atoms with Gasteiger partial charge in [0.2, 0.25) is 0 Å². The lowest BCUT2D eigenvalue weighted by Gasteiger charge is -2.30. The number of para-hydroxylation sites is 2. The van der Waals surface area contributed by atoms with Crippen molar-refractivity contribution >= 4 is 34.8 Å². The first kappa shape index (κ1) is 18.9. The van der Waals surface area contributed by atoms with Gasteiger partial charge in [-0.15, -0.1) is 0 Å². The Bertz CT molecular complexity index is 1070. The fourth-order valence-electron chi connectivity index (χ4n) is 3.16. The van der Waals surface area contributed by atoms with Gasteiger partial charge in [-0.3, -0.25) is 9.69 Å². The normalized spacial score (nSPS) is 12.9. The predicted molar refractivity (Wildman–Crippen MR) is 114 cm³/mol. The van der Waals surface area contributed by atoms with Crippen molar-refractivity contribution in [3.05, 3.63) is 72.3 Å². The zero-order valence-electron chi connectivity index (χ0n) is 15.7. The second-order valence-electron chi connectivity index (χ2n) is 6.50. The van der Waals surface area contributed by atoms with Crippen LogP contribution in [0, 0.1) is 0 Å². The second-order valence-corrected chi connectivity index (χ2v) is 7.58. The summed E-state index contributed by atoms with van der Waals surface area (Å²) in [6.07, 6.45) is 0. The number of phenols is 2. The maximum atomic E-state index is 13.1. The van der Waals surface area contributed by atoms with Gasteiger partial charge in [0.1, 0.15) is 18.0 Å². The fraction of sp³-hybridized carbons (Fsp3) is 0.0909. The Morgan fingerprint density at radius 1 is 1.00 bits per heavy atom. The molecule has 1 aliphatic rings. The Morgan fingerprint density at radius 2 is 1.62 bits per heavy atom. The zero-order valence-corrected chi connectivity index (χ0v) is 16.5. The molecule has 3 N–H and O–H groups in total. The van der Waals surface area contributed by atoms with Crippen LogP contribution in [0.4, 0.5) is 11.4 Å². The third-order valence-corrected chi connectivity index (χ3v) is 5.66. The summed E-state index contributed by atoms with van der Waals surface area (Å²) >= 11 is 1.64. The number of carbonyl (C=O) groups is 1. The zero-order chi connectivity index (χ0) is 20.4. The van der Waals surface area contributed by atoms with Crippen LogP contribution in [0.2, 0.25) is 0 Å². The number of benzene rings is 3. The standard InChI is InChI=1S/C22H19N3O3S/c1-14(16-11-10-15(26)12-19(16)27)24-23-13-22(28)25-17-6-2-4-8-20(17)29-21-9-5-3-7-18(21)25/h2-12,23,26-27H,13H2,1H3. The molecular formula is C22H19N3O3S. The molecule has 7 heteroatoms. The number of carbonyl (C=O) groups excluding carboxylic acids is 1. The number of hydrogen-bond acceptors (Lipinski definition) is 6. The monoisotopic (exact) mass is 405 g/mol. The summed E-state index contributed by atoms with van der Waals surface area (Å²) < 4.78 is 0. The molecule has 29 heavy (non-hydrogen) atoms. The number of nitrogens with one attached hydrogen (secondary N) is 1. The first-order chi connectivity index (χ1) is 14.0. The molecule has 0 bridgehead atoms. The lowest BCUT2D eigenvalue weighted by molar-refractivity contribution is -0.117. The first-order valence-electron chi connectivity index (χ1n) is 9.03. The van der Waals surface area contributed by atoms with E-state index in [1.807, 2.05) is 48.5 Å². The van der Waals surface area contributed by atoms with Gasteiger partial charge in [-0.05, 0) is 43.3 Å². The highest BCUT2D eigenvalue weighted by atomic mass is 32.2. The summed E-state index contributed by atoms with van der Waals surface area (Å²) in [6.45, 7) is 1.70. The van der Waals surface area contributed by atoms with E-state index >= 15 is 0 Å². The minimum absolute atomic E-state index is 0.0104. The van der Waals surface area contributed by atoms with E-state index in [0.717, 1.165) is 21.2 Å². The molecule has 0 fully saturated rings. The van der Waals surface area contributed by atoms with E-state index in [-0.39, 0.29) is 24.0 Å². The molecule has 0 saturated heterocycles. The summed E-state index contributed by atoms with van der Waals surface area (Å²) in [6, 6.07) is 19.9. The highest BCUT2D eigenvalue weighted by Gasteiger charge is 2.27. The van der Waals surface area contributed by atoms with Crippen LogP contribution in [0.15, 0.2) is 81.6 Å². The Labute approximate surface area is 172 Å². The number of hydrazone groups is 1. The number of phenolic OH excluding ortho intramolecular Hbond substituents is 2. The Morgan fingerprint density at radius 3 is 2.24 bits per heavy atom. The highest BCUT2D eigenvalue weighted by Crippen LogP contribution is 2.47. The van der Waals surface area contributed by atoms with E-state index in [9.17, 15) is 15.0 Å². The Kier molecular flexibility index (Phi) is 5.14. The minimum Gasteiger partial charge on any atom is -0.508 e. The van der Waals surface area contributed by atoms with Gasteiger partial charge in [-0.1, -0.05) is 36.0 Å². The number of anilines is 2. The summed E-state index contributed by atoms with van der Waals surface area (Å²) in [5.74, 6) is -0.241. The highest BCUT2D eigenvalue weighted by molar-refractivity contribution is 7.99. The van der Waals surface area contributed by atoms with Gasteiger partial charge in [-0.25, -0.2) is 0 Å². The van der Waals surface area contributed by atoms with Crippen molar-refractivity contribution in [3.63, 3.8) is 0 Å². The van der Waals surface area contributed by atoms with Crippen molar-refractivity contribution in [2.75, 3.05) is 11.4 Å². The number of nitrogens with zero attached hydrogens (tertiary/aromatic N) is 2. The van der Waals surface area contributed by atoms with Crippen molar-refractivity contribution < 1.29 is 15.0 Å². The average Bonchev–Trinajstić information content (AvgIpc) is 2.71. The molecular weight excluding hydrogens is 386 g/mol. The lowest BCUT2D eigenvalue weighted by Crippen LogP contribution is -2.35. The Balaban J connectivity index is 1.55. The number of hydrogen-bond donors (Lipinski definition) is 3. The molecule has 1 heterocycles. The molecule has 3 aromatic carbocycles. The maximum absolute atomic E-state index is 13.1. The Hall–Kier alpha value is -3.45. The average molecular weight is 405 g/mol. The van der Waals surface area contributed by atoms with Crippen LogP contribution in [0.1, 0.15) is 12.5 Å². The van der Waals surface area contributed by atoms with Crippen LogP contribution in [-0.2, 0) is 4.79 Å². The predicted octanol–water partition coefficient (Wildman–Crippen LogP) is 4.24. The van der Waals surface area contributed by atoms with E-state index in [4.69, 9.17) is 0 Å². The van der Waals surface area contributed by atoms with Crippen molar-refractivity contribution in [2.24, 2.45) is 5.10 Å². The lowest BCUT2D eigenvalue weighted by atomic mass is 10.1. The van der Waals surface area contributed by atoms with E-state index in [1.54, 1.807) is 29.7 Å². The molecule has 1 amide bonds. The summed E-state index contributed by atoms with van der Waals surface area (Å²) in [5, 5.41) is 23.6. The molecule has 0 saturated carbocycles. The van der Waals surface area contributed by atoms with E-state index in [0.29, 0.717) is 11.3 Å². The third-order valence-electron chi connectivity index (χ3n) is 4.53. The quantitative estimate of drug-likeness (QED) is 0.447. The number of aromatic hydroxyl groups is 2. The van der Waals surface area contributed by atoms with Gasteiger partial charge in [0.05, 0.1) is 17.1 Å². The molecule has 0 unspecified atom stereocenters. The van der Waals surface area contributed by atoms with Gasteiger partial charge in [0.25, 0.3) is 5.91 Å². The van der Waals surface area contributed by atoms with Crippen molar-refractivity contribution in [1.82, 2.24) is 5.43 Å². The molecule has 4 rings (SSSR count). The number of amides is 1. The molecule has 0 aliphatic carbocycles. The molecule has 6 nitrogen and oxygen atoms in total. The van der Waals surface area contributed by atoms with Gasteiger partial charge < -0.3 is 15.6 Å². The van der Waals surface area contributed by atoms with Crippen LogP contribution >= 0.6 is 11.8 Å². The molecule has 0 radical (unpaired) electrons. The van der Waals surface area contributed by atoms with Crippen molar-refractivity contribution in [1.29, 1.82) is 0 Å². The topological polar surface area (TPSA) is 85.2 Å². The summed E-state index contributed by atoms with van der Waals surface area (Å²) in [7, 11) is 0. The SMILES string of the molecule is CC(=NNCC(=O)N1c2ccccc2Sc2ccccc21)c1ccc(O)cc1O. The van der Waals surface area contributed by atoms with E-state index < -0.39 is 0 Å². The molecule has 1 aliphatic heterocycles. The second kappa shape index (κ2) is 7.89. The van der Waals surface area contributed by atoms with Gasteiger partial charge in [-0.2, -0.15) is 5.10 Å². The molecule has 0 aromatic heterocycles. The van der Waals surface area contributed by atoms with Gasteiger partial charge in [0.15, 0.2) is 0 Å². The minimum atomic E-state index is -0.142. The van der Waals surface area contributed by atoms with Crippen molar-refractivity contribution in [3.8, 4) is 11.5 Å². The van der Waals surface area contributed by atoms with Crippen molar-refractivity contribution in [2.45, 2.75) is 16.7 Å². The van der Waals surface area contributed by atoms with E-state index in [2.05, 4.69) is 10.5 Å². The van der Waals surface area contributed by atoms with Gasteiger partial charge >= 0.3 is 0 Å². The maximum Gasteiger partial charge on any atom is 0.252 e.